The van der Waals surface area contributed by atoms with E-state index in [1.807, 2.05) is 0 Å². The van der Waals surface area contributed by atoms with Crippen LogP contribution >= 0.6 is 0 Å². The van der Waals surface area contributed by atoms with Crippen molar-refractivity contribution in [1.82, 2.24) is 0 Å². The van der Waals surface area contributed by atoms with Crippen molar-refractivity contribution >= 4 is 11.4 Å². The van der Waals surface area contributed by atoms with Gasteiger partial charge in [-0.15, -0.1) is 0 Å². The van der Waals surface area contributed by atoms with Gasteiger partial charge in [0.1, 0.15) is 0 Å². The fourth-order valence-electron chi connectivity index (χ4n) is 1.49. The highest BCUT2D eigenvalue weighted by Crippen LogP contribution is 2.37. The van der Waals surface area contributed by atoms with E-state index < -0.39 is 28.6 Å². The molecule has 0 bridgehead atoms. The second-order valence-electron chi connectivity index (χ2n) is 3.77. The monoisotopic (exact) mass is 294 g/mol. The number of ether oxygens (including phenoxy) is 2. The van der Waals surface area contributed by atoms with E-state index in [1.54, 1.807) is 0 Å². The van der Waals surface area contributed by atoms with Gasteiger partial charge in [-0.2, -0.15) is 13.2 Å². The average molecular weight is 294 g/mol. The van der Waals surface area contributed by atoms with Crippen molar-refractivity contribution in [2.45, 2.75) is 12.5 Å². The van der Waals surface area contributed by atoms with E-state index in [2.05, 4.69) is 5.32 Å². The highest BCUT2D eigenvalue weighted by Gasteiger charge is 2.35. The first kappa shape index (κ1) is 16.2. The zero-order valence-corrected chi connectivity index (χ0v) is 10.7. The number of halogens is 3. The van der Waals surface area contributed by atoms with Crippen LogP contribution in [0.1, 0.15) is 5.56 Å². The minimum Gasteiger partial charge on any atom is -0.379 e. The summed E-state index contributed by atoms with van der Waals surface area (Å²) in [6.07, 6.45) is -5.43. The van der Waals surface area contributed by atoms with Crippen LogP contribution in [-0.2, 0) is 15.7 Å². The second-order valence-corrected chi connectivity index (χ2v) is 3.77. The summed E-state index contributed by atoms with van der Waals surface area (Å²) in [5.74, 6) is 0. The highest BCUT2D eigenvalue weighted by molar-refractivity contribution is 5.57. The van der Waals surface area contributed by atoms with Crippen LogP contribution in [0.5, 0.6) is 0 Å². The van der Waals surface area contributed by atoms with Gasteiger partial charge in [-0.1, -0.05) is 0 Å². The number of alkyl halides is 3. The third-order valence-corrected chi connectivity index (χ3v) is 2.50. The molecule has 0 heterocycles. The van der Waals surface area contributed by atoms with Crippen molar-refractivity contribution < 1.29 is 27.6 Å². The average Bonchev–Trinajstić information content (AvgIpc) is 2.38. The Morgan fingerprint density at radius 3 is 2.40 bits per heavy atom. The summed E-state index contributed by atoms with van der Waals surface area (Å²) < 4.78 is 48.2. The third kappa shape index (κ3) is 4.07. The summed E-state index contributed by atoms with van der Waals surface area (Å²) in [5.41, 5.74) is -2.02. The zero-order valence-electron chi connectivity index (χ0n) is 10.7. The van der Waals surface area contributed by atoms with Crippen LogP contribution in [0.2, 0.25) is 0 Å². The maximum absolute atomic E-state index is 12.9. The standard InChI is InChI=1S/C11H13F3N2O4/c1-19-10(20-2)6-15-9-4-3-7(16(17)18)5-8(9)11(12,13)14/h3-5,10,15H,6H2,1-2H3. The van der Waals surface area contributed by atoms with Crippen LogP contribution in [0, 0.1) is 10.1 Å². The van der Waals surface area contributed by atoms with E-state index >= 15 is 0 Å². The Balaban J connectivity index is 3.03. The van der Waals surface area contributed by atoms with Crippen molar-refractivity contribution in [1.29, 1.82) is 0 Å². The lowest BCUT2D eigenvalue weighted by Crippen LogP contribution is -2.24. The molecule has 0 aromatic heterocycles. The molecule has 1 N–H and O–H groups in total. The number of anilines is 1. The fraction of sp³-hybridized carbons (Fsp3) is 0.455. The van der Waals surface area contributed by atoms with Crippen molar-refractivity contribution in [3.63, 3.8) is 0 Å². The van der Waals surface area contributed by atoms with Gasteiger partial charge in [-0.3, -0.25) is 10.1 Å². The first-order valence-electron chi connectivity index (χ1n) is 5.44. The van der Waals surface area contributed by atoms with E-state index in [1.165, 1.54) is 14.2 Å². The molecule has 1 rings (SSSR count). The minimum atomic E-state index is -4.70. The van der Waals surface area contributed by atoms with Gasteiger partial charge in [0.05, 0.1) is 17.0 Å². The van der Waals surface area contributed by atoms with Crippen LogP contribution in [0.3, 0.4) is 0 Å². The number of methoxy groups -OCH3 is 2. The summed E-state index contributed by atoms with van der Waals surface area (Å²) in [7, 11) is 2.69. The molecule has 9 heteroatoms. The summed E-state index contributed by atoms with van der Waals surface area (Å²) >= 11 is 0. The Kier molecular flexibility index (Phi) is 5.28. The van der Waals surface area contributed by atoms with Gasteiger partial charge in [0.25, 0.3) is 5.69 Å². The van der Waals surface area contributed by atoms with Gasteiger partial charge in [0.2, 0.25) is 0 Å². The number of nitro groups is 1. The van der Waals surface area contributed by atoms with Gasteiger partial charge in [-0.25, -0.2) is 0 Å². The molecule has 0 aliphatic rings. The lowest BCUT2D eigenvalue weighted by atomic mass is 10.1. The van der Waals surface area contributed by atoms with E-state index in [0.29, 0.717) is 6.07 Å². The summed E-state index contributed by atoms with van der Waals surface area (Å²) in [4.78, 5) is 9.65. The molecule has 112 valence electrons. The number of nitro benzene ring substituents is 1. The predicted molar refractivity (Wildman–Crippen MR) is 64.4 cm³/mol. The molecule has 0 radical (unpaired) electrons. The molecule has 1 aromatic rings. The van der Waals surface area contributed by atoms with Crippen LogP contribution in [-0.4, -0.2) is 32.0 Å². The summed E-state index contributed by atoms with van der Waals surface area (Å²) in [6, 6.07) is 2.48. The van der Waals surface area contributed by atoms with Crippen molar-refractivity contribution in [2.75, 3.05) is 26.1 Å². The Labute approximate surface area is 112 Å². The number of nitrogens with one attached hydrogen (secondary N) is 1. The lowest BCUT2D eigenvalue weighted by molar-refractivity contribution is -0.385. The lowest BCUT2D eigenvalue weighted by Gasteiger charge is -2.18. The molecule has 0 saturated heterocycles. The maximum Gasteiger partial charge on any atom is 0.418 e. The number of nitrogens with zero attached hydrogens (tertiary/aromatic N) is 1. The largest absolute Gasteiger partial charge is 0.418 e. The zero-order chi connectivity index (χ0) is 15.3. The summed E-state index contributed by atoms with van der Waals surface area (Å²) in [5, 5.41) is 13.0. The fourth-order valence-corrected chi connectivity index (χ4v) is 1.49. The molecular formula is C11H13F3N2O4. The molecule has 20 heavy (non-hydrogen) atoms. The molecule has 0 unspecified atom stereocenters. The van der Waals surface area contributed by atoms with Gasteiger partial charge >= 0.3 is 6.18 Å². The Hall–Kier alpha value is -1.87. The molecule has 1 aromatic carbocycles. The van der Waals surface area contributed by atoms with Gasteiger partial charge in [-0.05, 0) is 6.07 Å². The molecular weight excluding hydrogens is 281 g/mol. The van der Waals surface area contributed by atoms with Crippen molar-refractivity contribution in [3.05, 3.63) is 33.9 Å². The third-order valence-electron chi connectivity index (χ3n) is 2.50. The number of hydrogen-bond acceptors (Lipinski definition) is 5. The number of hydrogen-bond donors (Lipinski definition) is 1. The molecule has 0 amide bonds. The number of non-ortho nitro benzene ring substituents is 1. The summed E-state index contributed by atoms with van der Waals surface area (Å²) in [6.45, 7) is -0.0338. The molecule has 0 spiro atoms. The number of rotatable bonds is 6. The van der Waals surface area contributed by atoms with E-state index in [4.69, 9.17) is 9.47 Å². The van der Waals surface area contributed by atoms with E-state index in [0.717, 1.165) is 12.1 Å². The van der Waals surface area contributed by atoms with Crippen LogP contribution < -0.4 is 5.32 Å². The molecule has 6 nitrogen and oxygen atoms in total. The molecule has 0 aliphatic heterocycles. The maximum atomic E-state index is 12.9. The first-order valence-corrected chi connectivity index (χ1v) is 5.44. The minimum absolute atomic E-state index is 0.0338. The second kappa shape index (κ2) is 6.53. The van der Waals surface area contributed by atoms with Crippen LogP contribution in [0.4, 0.5) is 24.5 Å². The van der Waals surface area contributed by atoms with E-state index in [-0.39, 0.29) is 12.2 Å². The Morgan fingerprint density at radius 1 is 1.35 bits per heavy atom. The van der Waals surface area contributed by atoms with Gasteiger partial charge < -0.3 is 14.8 Å². The highest BCUT2D eigenvalue weighted by atomic mass is 19.4. The topological polar surface area (TPSA) is 73.6 Å². The molecule has 0 atom stereocenters. The van der Waals surface area contributed by atoms with Gasteiger partial charge in [0, 0.05) is 32.0 Å². The van der Waals surface area contributed by atoms with Gasteiger partial charge in [0.15, 0.2) is 6.29 Å². The Morgan fingerprint density at radius 2 is 1.95 bits per heavy atom. The predicted octanol–water partition coefficient (Wildman–Crippen LogP) is 2.64. The van der Waals surface area contributed by atoms with Crippen molar-refractivity contribution in [3.8, 4) is 0 Å². The molecule has 0 aliphatic carbocycles. The Bertz CT molecular complexity index is 475. The van der Waals surface area contributed by atoms with Crippen LogP contribution in [0.25, 0.3) is 0 Å². The normalized spacial score (nSPS) is 11.7. The van der Waals surface area contributed by atoms with Crippen molar-refractivity contribution in [2.24, 2.45) is 0 Å². The molecule has 0 saturated carbocycles. The number of benzene rings is 1. The van der Waals surface area contributed by atoms with E-state index in [9.17, 15) is 23.3 Å². The quantitative estimate of drug-likeness (QED) is 0.496. The SMILES string of the molecule is COC(CNc1ccc([N+](=O)[O-])cc1C(F)(F)F)OC. The molecule has 0 fully saturated rings. The first-order chi connectivity index (χ1) is 9.29. The smallest absolute Gasteiger partial charge is 0.379 e. The van der Waals surface area contributed by atoms with Crippen LogP contribution in [0.15, 0.2) is 18.2 Å².